The normalized spacial score (nSPS) is 23.1. The number of rotatable bonds is 3. The summed E-state index contributed by atoms with van der Waals surface area (Å²) in [6.45, 7) is 4.86. The van der Waals surface area contributed by atoms with Crippen LogP contribution in [0, 0.1) is 0 Å². The number of carbonyl (C=O) groups is 1. The molecule has 21 heavy (non-hydrogen) atoms. The molecule has 1 fully saturated rings. The molecule has 6 nitrogen and oxygen atoms in total. The van der Waals surface area contributed by atoms with Crippen LogP contribution in [-0.4, -0.2) is 51.0 Å². The molecule has 1 aliphatic rings. The molecule has 0 saturated carbocycles. The van der Waals surface area contributed by atoms with Gasteiger partial charge in [-0.05, 0) is 32.0 Å². The van der Waals surface area contributed by atoms with Crippen LogP contribution in [0.15, 0.2) is 23.1 Å². The van der Waals surface area contributed by atoms with Crippen LogP contribution in [0.5, 0.6) is 0 Å². The maximum Gasteiger partial charge on any atom is 0.335 e. The Hall–Kier alpha value is -1.60. The highest BCUT2D eigenvalue weighted by Crippen LogP contribution is 2.29. The fraction of sp³-hybridized carbons (Fsp3) is 0.500. The molecule has 116 valence electrons. The fourth-order valence-corrected chi connectivity index (χ4v) is 3.47. The van der Waals surface area contributed by atoms with Gasteiger partial charge in [-0.2, -0.15) is 0 Å². The number of sulfone groups is 1. The third-order valence-electron chi connectivity index (χ3n) is 3.37. The zero-order valence-corrected chi connectivity index (χ0v) is 13.1. The maximum atomic E-state index is 11.9. The van der Waals surface area contributed by atoms with Gasteiger partial charge in [-0.25, -0.2) is 13.2 Å². The van der Waals surface area contributed by atoms with E-state index < -0.39 is 15.8 Å². The minimum absolute atomic E-state index is 0.0466. The van der Waals surface area contributed by atoms with E-state index in [0.29, 0.717) is 18.8 Å². The van der Waals surface area contributed by atoms with Gasteiger partial charge in [0, 0.05) is 19.3 Å². The summed E-state index contributed by atoms with van der Waals surface area (Å²) in [5, 5.41) is 9.11. The summed E-state index contributed by atoms with van der Waals surface area (Å²) in [4.78, 5) is 13.2. The smallest absolute Gasteiger partial charge is 0.335 e. The lowest BCUT2D eigenvalue weighted by Crippen LogP contribution is -2.46. The van der Waals surface area contributed by atoms with E-state index in [1.807, 2.05) is 18.7 Å². The molecule has 0 aromatic heterocycles. The molecule has 0 unspecified atom stereocenters. The van der Waals surface area contributed by atoms with E-state index >= 15 is 0 Å². The Balaban J connectivity index is 2.53. The lowest BCUT2D eigenvalue weighted by molar-refractivity contribution is -0.00537. The van der Waals surface area contributed by atoms with E-state index in [9.17, 15) is 13.2 Å². The molecule has 1 aliphatic heterocycles. The van der Waals surface area contributed by atoms with Crippen LogP contribution in [0.25, 0.3) is 0 Å². The zero-order valence-electron chi connectivity index (χ0n) is 12.2. The van der Waals surface area contributed by atoms with Crippen molar-refractivity contribution in [3.63, 3.8) is 0 Å². The van der Waals surface area contributed by atoms with Crippen LogP contribution in [0.1, 0.15) is 24.2 Å². The van der Waals surface area contributed by atoms with Gasteiger partial charge in [0.05, 0.1) is 28.4 Å². The third-order valence-corrected chi connectivity index (χ3v) is 4.51. The van der Waals surface area contributed by atoms with Crippen molar-refractivity contribution in [1.29, 1.82) is 0 Å². The van der Waals surface area contributed by atoms with Crippen molar-refractivity contribution >= 4 is 21.5 Å². The molecule has 1 aromatic carbocycles. The van der Waals surface area contributed by atoms with Crippen LogP contribution >= 0.6 is 0 Å². The first-order valence-corrected chi connectivity index (χ1v) is 8.55. The van der Waals surface area contributed by atoms with E-state index in [0.717, 1.165) is 6.26 Å². The van der Waals surface area contributed by atoms with E-state index in [1.54, 1.807) is 0 Å². The highest BCUT2D eigenvalue weighted by atomic mass is 32.2. The predicted molar refractivity (Wildman–Crippen MR) is 78.7 cm³/mol. The first-order chi connectivity index (χ1) is 9.68. The molecule has 7 heteroatoms. The molecule has 0 spiro atoms. The van der Waals surface area contributed by atoms with Gasteiger partial charge in [-0.3, -0.25) is 0 Å². The van der Waals surface area contributed by atoms with E-state index in [2.05, 4.69) is 0 Å². The minimum Gasteiger partial charge on any atom is -0.478 e. The second kappa shape index (κ2) is 5.65. The average molecular weight is 313 g/mol. The number of carboxylic acids is 1. The maximum absolute atomic E-state index is 11.9. The van der Waals surface area contributed by atoms with Gasteiger partial charge in [-0.1, -0.05) is 0 Å². The molecule has 1 heterocycles. The number of carboxylic acid groups (broad SMARTS) is 1. The highest BCUT2D eigenvalue weighted by molar-refractivity contribution is 7.90. The molecule has 2 atom stereocenters. The number of ether oxygens (including phenoxy) is 1. The number of nitrogens with zero attached hydrogens (tertiary/aromatic N) is 1. The van der Waals surface area contributed by atoms with Crippen molar-refractivity contribution in [3.8, 4) is 0 Å². The number of hydrogen-bond acceptors (Lipinski definition) is 5. The quantitative estimate of drug-likeness (QED) is 0.908. The summed E-state index contributed by atoms with van der Waals surface area (Å²) in [7, 11) is -3.44. The van der Waals surface area contributed by atoms with E-state index in [4.69, 9.17) is 9.84 Å². The number of morpholine rings is 1. The molecule has 1 saturated heterocycles. The first-order valence-electron chi connectivity index (χ1n) is 6.66. The van der Waals surface area contributed by atoms with Gasteiger partial charge < -0.3 is 14.7 Å². The predicted octanol–water partition coefficient (Wildman–Crippen LogP) is 1.40. The molecular formula is C14H19NO5S. The van der Waals surface area contributed by atoms with Crippen LogP contribution in [0.2, 0.25) is 0 Å². The van der Waals surface area contributed by atoms with Gasteiger partial charge in [0.1, 0.15) is 0 Å². The van der Waals surface area contributed by atoms with Crippen LogP contribution in [0.4, 0.5) is 5.69 Å². The molecule has 2 rings (SSSR count). The summed E-state index contributed by atoms with van der Waals surface area (Å²) < 4.78 is 29.5. The zero-order chi connectivity index (χ0) is 15.8. The van der Waals surface area contributed by atoms with Gasteiger partial charge in [0.15, 0.2) is 9.84 Å². The Kier molecular flexibility index (Phi) is 4.25. The summed E-state index contributed by atoms with van der Waals surface area (Å²) in [5.74, 6) is -1.08. The number of anilines is 1. The van der Waals surface area contributed by atoms with Gasteiger partial charge in [0.25, 0.3) is 0 Å². The molecule has 0 amide bonds. The monoisotopic (exact) mass is 313 g/mol. The molecular weight excluding hydrogens is 294 g/mol. The minimum atomic E-state index is -3.44. The van der Waals surface area contributed by atoms with Gasteiger partial charge >= 0.3 is 5.97 Å². The second-order valence-corrected chi connectivity index (χ2v) is 7.41. The Morgan fingerprint density at radius 2 is 1.86 bits per heavy atom. The molecule has 0 radical (unpaired) electrons. The van der Waals surface area contributed by atoms with Crippen molar-refractivity contribution < 1.29 is 23.1 Å². The van der Waals surface area contributed by atoms with Crippen molar-refractivity contribution in [2.24, 2.45) is 0 Å². The SMILES string of the molecule is C[C@H]1CN(c2cc(C(=O)O)ccc2S(C)(=O)=O)C[C@H](C)O1. The Bertz CT molecular complexity index is 645. The Morgan fingerprint density at radius 3 is 2.33 bits per heavy atom. The summed E-state index contributed by atoms with van der Waals surface area (Å²) in [6.07, 6.45) is 1.03. The van der Waals surface area contributed by atoms with Crippen molar-refractivity contribution in [3.05, 3.63) is 23.8 Å². The Morgan fingerprint density at radius 1 is 1.29 bits per heavy atom. The van der Waals surface area contributed by atoms with Crippen molar-refractivity contribution in [2.45, 2.75) is 31.0 Å². The topological polar surface area (TPSA) is 83.9 Å². The third kappa shape index (κ3) is 3.54. The largest absolute Gasteiger partial charge is 0.478 e. The number of benzene rings is 1. The summed E-state index contributed by atoms with van der Waals surface area (Å²) >= 11 is 0. The molecule has 1 aromatic rings. The summed E-state index contributed by atoms with van der Waals surface area (Å²) in [5.41, 5.74) is 0.503. The van der Waals surface area contributed by atoms with Crippen molar-refractivity contribution in [2.75, 3.05) is 24.2 Å². The van der Waals surface area contributed by atoms with Gasteiger partial charge in [0.2, 0.25) is 0 Å². The molecule has 0 bridgehead atoms. The number of hydrogen-bond donors (Lipinski definition) is 1. The van der Waals surface area contributed by atoms with Crippen LogP contribution in [-0.2, 0) is 14.6 Å². The highest BCUT2D eigenvalue weighted by Gasteiger charge is 2.27. The van der Waals surface area contributed by atoms with Crippen LogP contribution < -0.4 is 4.90 Å². The van der Waals surface area contributed by atoms with E-state index in [-0.39, 0.29) is 22.7 Å². The second-order valence-electron chi connectivity index (χ2n) is 5.42. The standard InChI is InChI=1S/C14H19NO5S/c1-9-7-15(8-10(2)20-9)12-6-11(14(16)17)4-5-13(12)21(3,18)19/h4-6,9-10H,7-8H2,1-3H3,(H,16,17)/t9-,10-/m0/s1. The van der Waals surface area contributed by atoms with Gasteiger partial charge in [-0.15, -0.1) is 0 Å². The molecule has 0 aliphatic carbocycles. The first kappa shape index (κ1) is 15.8. The lowest BCUT2D eigenvalue weighted by atomic mass is 10.1. The number of aromatic carboxylic acids is 1. The van der Waals surface area contributed by atoms with E-state index in [1.165, 1.54) is 18.2 Å². The van der Waals surface area contributed by atoms with Crippen molar-refractivity contribution in [1.82, 2.24) is 0 Å². The fourth-order valence-electron chi connectivity index (χ4n) is 2.59. The lowest BCUT2D eigenvalue weighted by Gasteiger charge is -2.37. The summed E-state index contributed by atoms with van der Waals surface area (Å²) in [6, 6.07) is 4.10. The van der Waals surface area contributed by atoms with Crippen LogP contribution in [0.3, 0.4) is 0 Å². The Labute approximate surface area is 124 Å². The average Bonchev–Trinajstić information content (AvgIpc) is 2.35. The molecule has 1 N–H and O–H groups in total.